The molecule has 0 radical (unpaired) electrons. The van der Waals surface area contributed by atoms with Gasteiger partial charge in [-0.15, -0.1) is 0 Å². The Morgan fingerprint density at radius 3 is 2.29 bits per heavy atom. The lowest BCUT2D eigenvalue weighted by atomic mass is 9.97. The van der Waals surface area contributed by atoms with Crippen LogP contribution in [0.25, 0.3) is 0 Å². The molecule has 3 rings (SSSR count). The molecule has 0 aliphatic heterocycles. The normalized spacial score (nSPS) is 19.6. The molecule has 2 fully saturated rings. The molecule has 1 aromatic carbocycles. The zero-order valence-electron chi connectivity index (χ0n) is 13.4. The molecule has 0 bridgehead atoms. The third-order valence-electron chi connectivity index (χ3n) is 5.02. The van der Waals surface area contributed by atoms with Crippen molar-refractivity contribution in [1.29, 1.82) is 0 Å². The predicted octanol–water partition coefficient (Wildman–Crippen LogP) is 3.79. The van der Waals surface area contributed by atoms with Gasteiger partial charge in [-0.05, 0) is 63.0 Å². The topological polar surface area (TPSA) is 30.5 Å². The van der Waals surface area contributed by atoms with Crippen molar-refractivity contribution in [1.82, 2.24) is 5.32 Å². The smallest absolute Gasteiger partial charge is 0.127 e. The van der Waals surface area contributed by atoms with E-state index in [2.05, 4.69) is 18.3 Å². The van der Waals surface area contributed by atoms with Crippen LogP contribution >= 0.6 is 0 Å². The first-order valence-electron chi connectivity index (χ1n) is 8.18. The van der Waals surface area contributed by atoms with Crippen molar-refractivity contribution in [3.05, 3.63) is 23.8 Å². The van der Waals surface area contributed by atoms with E-state index in [0.717, 1.165) is 35.8 Å². The number of methoxy groups -OCH3 is 2. The summed E-state index contributed by atoms with van der Waals surface area (Å²) in [5.74, 6) is 4.64. The van der Waals surface area contributed by atoms with Crippen LogP contribution in [0, 0.1) is 17.8 Å². The zero-order valence-corrected chi connectivity index (χ0v) is 13.4. The monoisotopic (exact) mass is 289 g/mol. The quantitative estimate of drug-likeness (QED) is 0.790. The van der Waals surface area contributed by atoms with E-state index in [9.17, 15) is 0 Å². The van der Waals surface area contributed by atoms with Gasteiger partial charge in [0.1, 0.15) is 11.5 Å². The summed E-state index contributed by atoms with van der Waals surface area (Å²) in [6.45, 7) is 3.37. The third kappa shape index (κ3) is 3.52. The first-order valence-corrected chi connectivity index (χ1v) is 8.18. The van der Waals surface area contributed by atoms with Crippen LogP contribution in [0.2, 0.25) is 0 Å². The molecule has 116 valence electrons. The van der Waals surface area contributed by atoms with Crippen LogP contribution in [-0.2, 0) is 0 Å². The summed E-state index contributed by atoms with van der Waals surface area (Å²) < 4.78 is 10.8. The minimum atomic E-state index is 0.311. The standard InChI is InChI=1S/C18H27NO2/c1-12(16-9-8-15(20-2)10-18(16)21-3)19-11-17(13-4-5-13)14-6-7-14/h8-10,12-14,17,19H,4-7,11H2,1-3H3. The Balaban J connectivity index is 1.62. The van der Waals surface area contributed by atoms with Crippen molar-refractivity contribution in [3.8, 4) is 11.5 Å². The van der Waals surface area contributed by atoms with Crippen LogP contribution in [-0.4, -0.2) is 20.8 Å². The van der Waals surface area contributed by atoms with Crippen molar-refractivity contribution in [2.45, 2.75) is 38.6 Å². The van der Waals surface area contributed by atoms with E-state index >= 15 is 0 Å². The molecular formula is C18H27NO2. The largest absolute Gasteiger partial charge is 0.497 e. The Hall–Kier alpha value is -1.22. The first kappa shape index (κ1) is 14.7. The fourth-order valence-corrected chi connectivity index (χ4v) is 3.37. The molecule has 1 unspecified atom stereocenters. The zero-order chi connectivity index (χ0) is 14.8. The van der Waals surface area contributed by atoms with Crippen LogP contribution in [0.3, 0.4) is 0 Å². The molecule has 0 heterocycles. The number of benzene rings is 1. The van der Waals surface area contributed by atoms with Crippen molar-refractivity contribution in [3.63, 3.8) is 0 Å². The summed E-state index contributed by atoms with van der Waals surface area (Å²) in [6, 6.07) is 6.39. The molecule has 21 heavy (non-hydrogen) atoms. The van der Waals surface area contributed by atoms with E-state index < -0.39 is 0 Å². The fraction of sp³-hybridized carbons (Fsp3) is 0.667. The van der Waals surface area contributed by atoms with Crippen LogP contribution in [0.1, 0.15) is 44.2 Å². The Morgan fingerprint density at radius 2 is 1.76 bits per heavy atom. The Morgan fingerprint density at radius 1 is 1.10 bits per heavy atom. The number of ether oxygens (including phenoxy) is 2. The second-order valence-electron chi connectivity index (χ2n) is 6.58. The van der Waals surface area contributed by atoms with Gasteiger partial charge >= 0.3 is 0 Å². The van der Waals surface area contributed by atoms with Gasteiger partial charge < -0.3 is 14.8 Å². The molecule has 2 aliphatic carbocycles. The van der Waals surface area contributed by atoms with Gasteiger partial charge in [-0.1, -0.05) is 6.07 Å². The summed E-state index contributed by atoms with van der Waals surface area (Å²) in [6.07, 6.45) is 5.79. The van der Waals surface area contributed by atoms with E-state index in [1.54, 1.807) is 14.2 Å². The summed E-state index contributed by atoms with van der Waals surface area (Å²) in [5, 5.41) is 3.73. The average molecular weight is 289 g/mol. The highest BCUT2D eigenvalue weighted by Gasteiger charge is 2.41. The van der Waals surface area contributed by atoms with E-state index in [-0.39, 0.29) is 0 Å². The van der Waals surface area contributed by atoms with Crippen LogP contribution in [0.4, 0.5) is 0 Å². The van der Waals surface area contributed by atoms with Gasteiger partial charge in [0.2, 0.25) is 0 Å². The van der Waals surface area contributed by atoms with E-state index in [1.807, 2.05) is 12.1 Å². The first-order chi connectivity index (χ1) is 10.2. The lowest BCUT2D eigenvalue weighted by Gasteiger charge is -2.22. The van der Waals surface area contributed by atoms with Crippen LogP contribution in [0.15, 0.2) is 18.2 Å². The molecule has 0 amide bonds. The van der Waals surface area contributed by atoms with E-state index in [0.29, 0.717) is 6.04 Å². The molecule has 3 nitrogen and oxygen atoms in total. The number of hydrogen-bond donors (Lipinski definition) is 1. The lowest BCUT2D eigenvalue weighted by molar-refractivity contribution is 0.353. The molecule has 3 heteroatoms. The molecule has 1 N–H and O–H groups in total. The Labute approximate surface area is 128 Å². The second kappa shape index (κ2) is 6.27. The van der Waals surface area contributed by atoms with Crippen molar-refractivity contribution < 1.29 is 9.47 Å². The summed E-state index contributed by atoms with van der Waals surface area (Å²) in [4.78, 5) is 0. The Kier molecular flexibility index (Phi) is 4.39. The molecule has 2 aliphatic rings. The third-order valence-corrected chi connectivity index (χ3v) is 5.02. The second-order valence-corrected chi connectivity index (χ2v) is 6.58. The SMILES string of the molecule is COc1ccc(C(C)NCC(C2CC2)C2CC2)c(OC)c1. The Bertz CT molecular complexity index is 468. The minimum Gasteiger partial charge on any atom is -0.497 e. The molecule has 0 spiro atoms. The summed E-state index contributed by atoms with van der Waals surface area (Å²) in [7, 11) is 3.41. The van der Waals surface area contributed by atoms with Gasteiger partial charge in [0, 0.05) is 17.7 Å². The number of nitrogens with one attached hydrogen (secondary N) is 1. The highest BCUT2D eigenvalue weighted by Crippen LogP contribution is 2.49. The van der Waals surface area contributed by atoms with E-state index in [4.69, 9.17) is 9.47 Å². The van der Waals surface area contributed by atoms with Gasteiger partial charge in [-0.2, -0.15) is 0 Å². The lowest BCUT2D eigenvalue weighted by Crippen LogP contribution is -2.28. The number of rotatable bonds is 8. The highest BCUT2D eigenvalue weighted by molar-refractivity contribution is 5.42. The highest BCUT2D eigenvalue weighted by atomic mass is 16.5. The van der Waals surface area contributed by atoms with Gasteiger partial charge in [0.15, 0.2) is 0 Å². The maximum absolute atomic E-state index is 5.52. The van der Waals surface area contributed by atoms with Crippen molar-refractivity contribution in [2.75, 3.05) is 20.8 Å². The molecule has 0 aromatic heterocycles. The molecule has 2 saturated carbocycles. The van der Waals surface area contributed by atoms with Crippen LogP contribution in [0.5, 0.6) is 11.5 Å². The summed E-state index contributed by atoms with van der Waals surface area (Å²) in [5.41, 5.74) is 1.21. The van der Waals surface area contributed by atoms with Gasteiger partial charge in [0.25, 0.3) is 0 Å². The minimum absolute atomic E-state index is 0.311. The molecule has 1 atom stereocenters. The molecule has 1 aromatic rings. The van der Waals surface area contributed by atoms with Crippen molar-refractivity contribution in [2.24, 2.45) is 17.8 Å². The van der Waals surface area contributed by atoms with Gasteiger partial charge in [-0.3, -0.25) is 0 Å². The van der Waals surface area contributed by atoms with Crippen LogP contribution < -0.4 is 14.8 Å². The fourth-order valence-electron chi connectivity index (χ4n) is 3.37. The number of hydrogen-bond acceptors (Lipinski definition) is 3. The predicted molar refractivity (Wildman–Crippen MR) is 84.9 cm³/mol. The average Bonchev–Trinajstić information content (AvgIpc) is 3.38. The maximum Gasteiger partial charge on any atom is 0.127 e. The van der Waals surface area contributed by atoms with Gasteiger partial charge in [-0.25, -0.2) is 0 Å². The molecule has 0 saturated heterocycles. The maximum atomic E-state index is 5.52. The van der Waals surface area contributed by atoms with E-state index in [1.165, 1.54) is 31.2 Å². The van der Waals surface area contributed by atoms with Crippen molar-refractivity contribution >= 4 is 0 Å². The molecular weight excluding hydrogens is 262 g/mol. The summed E-state index contributed by atoms with van der Waals surface area (Å²) >= 11 is 0. The van der Waals surface area contributed by atoms with Gasteiger partial charge in [0.05, 0.1) is 14.2 Å².